The highest BCUT2D eigenvalue weighted by molar-refractivity contribution is 5.86. The normalized spacial score (nSPS) is 11.0. The first-order valence-corrected chi connectivity index (χ1v) is 13.3. The Bertz CT molecular complexity index is 1330. The number of para-hydroxylation sites is 1. The number of rotatable bonds is 14. The molecule has 0 saturated heterocycles. The molecule has 0 radical (unpaired) electrons. The fourth-order valence-corrected chi connectivity index (χ4v) is 4.48. The van der Waals surface area contributed by atoms with Gasteiger partial charge in [-0.2, -0.15) is 0 Å². The largest absolute Gasteiger partial charge is 0.383 e. The summed E-state index contributed by atoms with van der Waals surface area (Å²) in [5, 5.41) is 1.16. The molecule has 1 heterocycles. The molecule has 7 heteroatoms. The number of aromatic nitrogens is 1. The molecule has 204 valence electrons. The van der Waals surface area contributed by atoms with E-state index in [4.69, 9.17) is 9.47 Å². The first-order valence-electron chi connectivity index (χ1n) is 13.3. The number of nitrogens with zero attached hydrogens (tertiary/aromatic N) is 2. The number of hydrogen-bond acceptors (Lipinski definition) is 4. The number of ether oxygens (including phenoxy) is 2. The summed E-state index contributed by atoms with van der Waals surface area (Å²) in [7, 11) is 1.58. The zero-order valence-corrected chi connectivity index (χ0v) is 22.8. The van der Waals surface area contributed by atoms with E-state index in [2.05, 4.69) is 23.2 Å². The maximum Gasteiger partial charge on any atom is 0.249 e. The molecule has 0 unspecified atom stereocenters. The first kappa shape index (κ1) is 28.1. The smallest absolute Gasteiger partial charge is 0.249 e. The first-order chi connectivity index (χ1) is 19.0. The van der Waals surface area contributed by atoms with E-state index in [-0.39, 0.29) is 25.0 Å². The number of H-pyrrole nitrogens is 1. The van der Waals surface area contributed by atoms with Crippen LogP contribution >= 0.6 is 0 Å². The van der Waals surface area contributed by atoms with Gasteiger partial charge >= 0.3 is 0 Å². The van der Waals surface area contributed by atoms with E-state index >= 15 is 0 Å². The predicted molar refractivity (Wildman–Crippen MR) is 153 cm³/mol. The molecule has 0 fully saturated rings. The summed E-state index contributed by atoms with van der Waals surface area (Å²) in [6.07, 6.45) is 2.71. The van der Waals surface area contributed by atoms with Crippen LogP contribution in [0, 0.1) is 6.92 Å². The number of nitrogens with one attached hydrogen (secondary N) is 1. The molecule has 1 N–H and O–H groups in total. The zero-order valence-electron chi connectivity index (χ0n) is 22.8. The monoisotopic (exact) mass is 527 g/mol. The van der Waals surface area contributed by atoms with Crippen molar-refractivity contribution in [2.45, 2.75) is 26.5 Å². The topological polar surface area (TPSA) is 74.9 Å². The molecule has 3 aromatic carbocycles. The molecule has 0 aliphatic carbocycles. The molecule has 39 heavy (non-hydrogen) atoms. The van der Waals surface area contributed by atoms with Gasteiger partial charge in [0, 0.05) is 43.8 Å². The van der Waals surface area contributed by atoms with Gasteiger partial charge in [0.2, 0.25) is 11.8 Å². The number of aryl methyl sites for hydroxylation is 1. The van der Waals surface area contributed by atoms with Crippen molar-refractivity contribution in [3.63, 3.8) is 0 Å². The second-order valence-electron chi connectivity index (χ2n) is 9.70. The number of aromatic amines is 1. The van der Waals surface area contributed by atoms with Crippen molar-refractivity contribution in [1.29, 1.82) is 0 Å². The summed E-state index contributed by atoms with van der Waals surface area (Å²) in [6.45, 7) is 3.91. The fraction of sp³-hybridized carbons (Fsp3) is 0.312. The number of fused-ring (bicyclic) bond motifs is 1. The van der Waals surface area contributed by atoms with Crippen molar-refractivity contribution in [2.24, 2.45) is 0 Å². The van der Waals surface area contributed by atoms with Crippen LogP contribution in [0.15, 0.2) is 85.1 Å². The van der Waals surface area contributed by atoms with Crippen molar-refractivity contribution in [3.8, 4) is 0 Å². The van der Waals surface area contributed by atoms with Crippen LogP contribution in [0.5, 0.6) is 0 Å². The SMILES string of the molecule is COCCN(CC(=O)N(CCc1c[nH]c2ccccc12)Cc1ccc(C)cc1)C(=O)COCc1ccccc1. The van der Waals surface area contributed by atoms with Crippen LogP contribution in [0.2, 0.25) is 0 Å². The summed E-state index contributed by atoms with van der Waals surface area (Å²) in [6, 6.07) is 26.1. The van der Waals surface area contributed by atoms with Gasteiger partial charge in [-0.3, -0.25) is 9.59 Å². The van der Waals surface area contributed by atoms with Crippen LogP contribution in [0.1, 0.15) is 22.3 Å². The van der Waals surface area contributed by atoms with Crippen molar-refractivity contribution in [3.05, 3.63) is 107 Å². The number of amides is 2. The van der Waals surface area contributed by atoms with Gasteiger partial charge in [-0.25, -0.2) is 0 Å². The summed E-state index contributed by atoms with van der Waals surface area (Å²) in [4.78, 5) is 33.4. The van der Waals surface area contributed by atoms with Crippen LogP contribution in [0.25, 0.3) is 10.9 Å². The Morgan fingerprint density at radius 2 is 1.56 bits per heavy atom. The molecule has 0 saturated carbocycles. The van der Waals surface area contributed by atoms with E-state index in [1.807, 2.05) is 78.7 Å². The molecule has 4 aromatic rings. The average Bonchev–Trinajstić information content (AvgIpc) is 3.37. The van der Waals surface area contributed by atoms with Gasteiger partial charge in [-0.15, -0.1) is 0 Å². The van der Waals surface area contributed by atoms with Crippen LogP contribution < -0.4 is 0 Å². The molecule has 7 nitrogen and oxygen atoms in total. The lowest BCUT2D eigenvalue weighted by atomic mass is 10.1. The lowest BCUT2D eigenvalue weighted by Gasteiger charge is -2.28. The minimum atomic E-state index is -0.233. The maximum absolute atomic E-state index is 13.7. The fourth-order valence-electron chi connectivity index (χ4n) is 4.48. The number of hydrogen-bond donors (Lipinski definition) is 1. The Labute approximate surface area is 230 Å². The summed E-state index contributed by atoms with van der Waals surface area (Å²) >= 11 is 0. The Morgan fingerprint density at radius 3 is 2.33 bits per heavy atom. The van der Waals surface area contributed by atoms with Crippen LogP contribution in [-0.4, -0.2) is 66.6 Å². The molecule has 0 aliphatic heterocycles. The lowest BCUT2D eigenvalue weighted by molar-refractivity contribution is -0.144. The Balaban J connectivity index is 1.44. The minimum absolute atomic E-state index is 0.0311. The standard InChI is InChI=1S/C32H37N3O4/c1-25-12-14-26(15-13-25)21-34(17-16-28-20-33-30-11-7-6-10-29(28)30)31(36)22-35(18-19-38-2)32(37)24-39-23-27-8-4-3-5-9-27/h3-15,20,33H,16-19,21-24H2,1-2H3. The van der Waals surface area contributed by atoms with E-state index in [9.17, 15) is 9.59 Å². The van der Waals surface area contributed by atoms with E-state index in [1.165, 1.54) is 10.5 Å². The highest BCUT2D eigenvalue weighted by Gasteiger charge is 2.22. The highest BCUT2D eigenvalue weighted by Crippen LogP contribution is 2.19. The quantitative estimate of drug-likeness (QED) is 0.257. The molecule has 1 aromatic heterocycles. The Hall–Kier alpha value is -3.94. The molecule has 0 bridgehead atoms. The van der Waals surface area contributed by atoms with Gasteiger partial charge in [-0.1, -0.05) is 78.4 Å². The van der Waals surface area contributed by atoms with Crippen LogP contribution in [-0.2, 0) is 38.6 Å². The summed E-state index contributed by atoms with van der Waals surface area (Å²) in [5.41, 5.74) is 5.45. The third-order valence-electron chi connectivity index (χ3n) is 6.75. The van der Waals surface area contributed by atoms with Gasteiger partial charge in [0.05, 0.1) is 19.8 Å². The third-order valence-corrected chi connectivity index (χ3v) is 6.75. The summed E-state index contributed by atoms with van der Waals surface area (Å²) < 4.78 is 10.9. The third kappa shape index (κ3) is 8.27. The predicted octanol–water partition coefficient (Wildman–Crippen LogP) is 4.74. The van der Waals surface area contributed by atoms with Gasteiger partial charge in [0.15, 0.2) is 0 Å². The number of carbonyl (C=O) groups excluding carboxylic acids is 2. The Kier molecular flexibility index (Phi) is 10.3. The van der Waals surface area contributed by atoms with E-state index < -0.39 is 0 Å². The Morgan fingerprint density at radius 1 is 0.821 bits per heavy atom. The van der Waals surface area contributed by atoms with E-state index in [1.54, 1.807) is 7.11 Å². The van der Waals surface area contributed by atoms with Crippen molar-refractivity contribution >= 4 is 22.7 Å². The highest BCUT2D eigenvalue weighted by atomic mass is 16.5. The van der Waals surface area contributed by atoms with Crippen molar-refractivity contribution < 1.29 is 19.1 Å². The van der Waals surface area contributed by atoms with E-state index in [0.29, 0.717) is 39.3 Å². The molecular weight excluding hydrogens is 490 g/mol. The molecule has 0 atom stereocenters. The van der Waals surface area contributed by atoms with Gasteiger partial charge in [0.25, 0.3) is 0 Å². The number of carbonyl (C=O) groups is 2. The molecule has 2 amide bonds. The van der Waals surface area contributed by atoms with Gasteiger partial charge in [-0.05, 0) is 36.1 Å². The number of benzene rings is 3. The second-order valence-corrected chi connectivity index (χ2v) is 9.70. The van der Waals surface area contributed by atoms with E-state index in [0.717, 1.165) is 27.6 Å². The van der Waals surface area contributed by atoms with Crippen LogP contribution in [0.4, 0.5) is 0 Å². The van der Waals surface area contributed by atoms with Crippen molar-refractivity contribution in [1.82, 2.24) is 14.8 Å². The molecular formula is C32H37N3O4. The molecule has 0 spiro atoms. The second kappa shape index (κ2) is 14.3. The minimum Gasteiger partial charge on any atom is -0.383 e. The zero-order chi connectivity index (χ0) is 27.5. The molecule has 4 rings (SSSR count). The van der Waals surface area contributed by atoms with Gasteiger partial charge in [0.1, 0.15) is 6.61 Å². The average molecular weight is 528 g/mol. The maximum atomic E-state index is 13.7. The van der Waals surface area contributed by atoms with Crippen LogP contribution in [0.3, 0.4) is 0 Å². The van der Waals surface area contributed by atoms with Gasteiger partial charge < -0.3 is 24.3 Å². The molecule has 0 aliphatic rings. The van der Waals surface area contributed by atoms with Crippen molar-refractivity contribution in [2.75, 3.05) is 40.0 Å². The number of methoxy groups -OCH3 is 1. The summed E-state index contributed by atoms with van der Waals surface area (Å²) in [5.74, 6) is -0.342. The lowest BCUT2D eigenvalue weighted by Crippen LogP contribution is -2.45.